The number of carbonyl (C=O) groups is 1. The molecule has 0 amide bonds. The van der Waals surface area contributed by atoms with Gasteiger partial charge in [0.1, 0.15) is 5.82 Å². The Bertz CT molecular complexity index is 397. The Morgan fingerprint density at radius 2 is 2.07 bits per heavy atom. The standard InChI is InChI=1S/C12H14FNO/c1-9-4-5-10(8-11(9)13)12(15)6-7-14(2)3/h4-8H,1-3H3/b7-6+. The molecule has 0 bridgehead atoms. The van der Waals surface area contributed by atoms with E-state index >= 15 is 0 Å². The number of rotatable bonds is 3. The van der Waals surface area contributed by atoms with Crippen LogP contribution in [0.1, 0.15) is 15.9 Å². The summed E-state index contributed by atoms with van der Waals surface area (Å²) in [5.74, 6) is -0.540. The van der Waals surface area contributed by atoms with Gasteiger partial charge in [-0.1, -0.05) is 12.1 Å². The molecule has 80 valence electrons. The summed E-state index contributed by atoms with van der Waals surface area (Å²) in [5, 5.41) is 0. The van der Waals surface area contributed by atoms with Gasteiger partial charge in [0.15, 0.2) is 5.78 Å². The third kappa shape index (κ3) is 3.20. The highest BCUT2D eigenvalue weighted by atomic mass is 19.1. The van der Waals surface area contributed by atoms with E-state index in [-0.39, 0.29) is 11.6 Å². The van der Waals surface area contributed by atoms with Crippen molar-refractivity contribution < 1.29 is 9.18 Å². The number of carbonyl (C=O) groups excluding carboxylic acids is 1. The Labute approximate surface area is 89.0 Å². The van der Waals surface area contributed by atoms with E-state index in [1.54, 1.807) is 30.2 Å². The molecule has 2 nitrogen and oxygen atoms in total. The molecular formula is C12H14FNO. The summed E-state index contributed by atoms with van der Waals surface area (Å²) < 4.78 is 13.2. The van der Waals surface area contributed by atoms with Crippen molar-refractivity contribution in [2.75, 3.05) is 14.1 Å². The number of hydrogen-bond acceptors (Lipinski definition) is 2. The summed E-state index contributed by atoms with van der Waals surface area (Å²) in [6.45, 7) is 1.67. The number of benzene rings is 1. The Morgan fingerprint density at radius 3 is 2.60 bits per heavy atom. The van der Waals surface area contributed by atoms with E-state index in [1.807, 2.05) is 14.1 Å². The smallest absolute Gasteiger partial charge is 0.187 e. The SMILES string of the molecule is Cc1ccc(C(=O)/C=C/N(C)C)cc1F. The first-order chi connectivity index (χ1) is 7.00. The molecule has 15 heavy (non-hydrogen) atoms. The Balaban J connectivity index is 2.88. The van der Waals surface area contributed by atoms with Crippen LogP contribution in [-0.4, -0.2) is 24.8 Å². The molecule has 0 N–H and O–H groups in total. The monoisotopic (exact) mass is 207 g/mol. The van der Waals surface area contributed by atoms with E-state index in [0.717, 1.165) is 0 Å². The summed E-state index contributed by atoms with van der Waals surface area (Å²) >= 11 is 0. The first-order valence-corrected chi connectivity index (χ1v) is 4.66. The van der Waals surface area contributed by atoms with Crippen molar-refractivity contribution in [1.29, 1.82) is 0 Å². The predicted octanol–water partition coefficient (Wildman–Crippen LogP) is 2.39. The van der Waals surface area contributed by atoms with Crippen molar-refractivity contribution >= 4 is 5.78 Å². The second-order valence-electron chi connectivity index (χ2n) is 3.61. The minimum Gasteiger partial charge on any atom is -0.383 e. The largest absolute Gasteiger partial charge is 0.383 e. The normalized spacial score (nSPS) is 10.7. The maximum absolute atomic E-state index is 13.2. The number of hydrogen-bond donors (Lipinski definition) is 0. The topological polar surface area (TPSA) is 20.3 Å². The molecule has 0 aliphatic heterocycles. The van der Waals surface area contributed by atoms with Crippen molar-refractivity contribution in [3.05, 3.63) is 47.4 Å². The summed E-state index contributed by atoms with van der Waals surface area (Å²) in [7, 11) is 3.64. The molecular weight excluding hydrogens is 193 g/mol. The van der Waals surface area contributed by atoms with Crippen LogP contribution in [0.15, 0.2) is 30.5 Å². The zero-order chi connectivity index (χ0) is 11.4. The molecule has 3 heteroatoms. The first kappa shape index (κ1) is 11.4. The molecule has 0 aromatic heterocycles. The summed E-state index contributed by atoms with van der Waals surface area (Å²) in [4.78, 5) is 13.3. The Morgan fingerprint density at radius 1 is 1.40 bits per heavy atom. The maximum atomic E-state index is 13.2. The fourth-order valence-corrected chi connectivity index (χ4v) is 1.06. The average molecular weight is 207 g/mol. The van der Waals surface area contributed by atoms with E-state index in [1.165, 1.54) is 12.1 Å². The van der Waals surface area contributed by atoms with Gasteiger partial charge < -0.3 is 4.90 Å². The first-order valence-electron chi connectivity index (χ1n) is 4.66. The van der Waals surface area contributed by atoms with E-state index in [2.05, 4.69) is 0 Å². The van der Waals surface area contributed by atoms with Gasteiger partial charge in [-0.15, -0.1) is 0 Å². The number of aryl methyl sites for hydroxylation is 1. The molecule has 0 heterocycles. The Hall–Kier alpha value is -1.64. The van der Waals surface area contributed by atoms with Gasteiger partial charge in [-0.05, 0) is 18.6 Å². The predicted molar refractivity (Wildman–Crippen MR) is 58.3 cm³/mol. The third-order valence-electron chi connectivity index (χ3n) is 1.98. The van der Waals surface area contributed by atoms with Crippen LogP contribution in [-0.2, 0) is 0 Å². The Kier molecular flexibility index (Phi) is 3.61. The molecule has 0 aliphatic carbocycles. The van der Waals surface area contributed by atoms with Crippen LogP contribution in [0.4, 0.5) is 4.39 Å². The lowest BCUT2D eigenvalue weighted by Gasteiger charge is -2.03. The van der Waals surface area contributed by atoms with E-state index in [4.69, 9.17) is 0 Å². The highest BCUT2D eigenvalue weighted by Gasteiger charge is 2.04. The minimum atomic E-state index is -0.348. The van der Waals surface area contributed by atoms with Crippen LogP contribution < -0.4 is 0 Å². The molecule has 0 saturated carbocycles. The van der Waals surface area contributed by atoms with Crippen molar-refractivity contribution in [2.24, 2.45) is 0 Å². The lowest BCUT2D eigenvalue weighted by molar-refractivity contribution is 0.104. The minimum absolute atomic E-state index is 0.192. The van der Waals surface area contributed by atoms with Crippen LogP contribution in [0.25, 0.3) is 0 Å². The molecule has 0 radical (unpaired) electrons. The van der Waals surface area contributed by atoms with Gasteiger partial charge in [-0.25, -0.2) is 4.39 Å². The molecule has 0 saturated heterocycles. The van der Waals surface area contributed by atoms with Gasteiger partial charge in [-0.3, -0.25) is 4.79 Å². The van der Waals surface area contributed by atoms with Gasteiger partial charge >= 0.3 is 0 Å². The van der Waals surface area contributed by atoms with E-state index < -0.39 is 0 Å². The second kappa shape index (κ2) is 4.73. The van der Waals surface area contributed by atoms with Crippen LogP contribution in [0.5, 0.6) is 0 Å². The lowest BCUT2D eigenvalue weighted by Crippen LogP contribution is -2.03. The fraction of sp³-hybridized carbons (Fsp3) is 0.250. The molecule has 1 aromatic carbocycles. The summed E-state index contributed by atoms with van der Waals surface area (Å²) in [6, 6.07) is 4.49. The quantitative estimate of drug-likeness (QED) is 0.560. The van der Waals surface area contributed by atoms with Crippen molar-refractivity contribution in [1.82, 2.24) is 4.90 Å². The molecule has 0 fully saturated rings. The molecule has 0 aliphatic rings. The van der Waals surface area contributed by atoms with Crippen molar-refractivity contribution in [3.63, 3.8) is 0 Å². The summed E-state index contributed by atoms with van der Waals surface area (Å²) in [6.07, 6.45) is 3.06. The van der Waals surface area contributed by atoms with Gasteiger partial charge in [0.25, 0.3) is 0 Å². The molecule has 0 spiro atoms. The summed E-state index contributed by atoms with van der Waals surface area (Å²) in [5.41, 5.74) is 0.916. The number of halogens is 1. The van der Waals surface area contributed by atoms with Crippen LogP contribution in [0.3, 0.4) is 0 Å². The molecule has 1 rings (SSSR count). The van der Waals surface area contributed by atoms with Crippen molar-refractivity contribution in [2.45, 2.75) is 6.92 Å². The van der Waals surface area contributed by atoms with Gasteiger partial charge in [0.05, 0.1) is 0 Å². The zero-order valence-electron chi connectivity index (χ0n) is 9.12. The van der Waals surface area contributed by atoms with E-state index in [9.17, 15) is 9.18 Å². The maximum Gasteiger partial charge on any atom is 0.187 e. The number of ketones is 1. The third-order valence-corrected chi connectivity index (χ3v) is 1.98. The van der Waals surface area contributed by atoms with Crippen LogP contribution in [0.2, 0.25) is 0 Å². The zero-order valence-corrected chi connectivity index (χ0v) is 9.12. The van der Waals surface area contributed by atoms with Gasteiger partial charge in [0, 0.05) is 31.9 Å². The highest BCUT2D eigenvalue weighted by Crippen LogP contribution is 2.10. The number of allylic oxidation sites excluding steroid dienone is 1. The molecule has 1 aromatic rings. The number of nitrogens with zero attached hydrogens (tertiary/aromatic N) is 1. The average Bonchev–Trinajstić information content (AvgIpc) is 2.18. The van der Waals surface area contributed by atoms with E-state index in [0.29, 0.717) is 11.1 Å². The van der Waals surface area contributed by atoms with Crippen molar-refractivity contribution in [3.8, 4) is 0 Å². The van der Waals surface area contributed by atoms with Crippen LogP contribution >= 0.6 is 0 Å². The van der Waals surface area contributed by atoms with Gasteiger partial charge in [-0.2, -0.15) is 0 Å². The molecule has 0 atom stereocenters. The fourth-order valence-electron chi connectivity index (χ4n) is 1.06. The van der Waals surface area contributed by atoms with Gasteiger partial charge in [0.2, 0.25) is 0 Å². The highest BCUT2D eigenvalue weighted by molar-refractivity contribution is 6.04. The lowest BCUT2D eigenvalue weighted by atomic mass is 10.1. The molecule has 0 unspecified atom stereocenters. The second-order valence-corrected chi connectivity index (χ2v) is 3.61. The van der Waals surface area contributed by atoms with Crippen LogP contribution in [0, 0.1) is 12.7 Å².